The van der Waals surface area contributed by atoms with Crippen molar-refractivity contribution < 1.29 is 14.3 Å². The van der Waals surface area contributed by atoms with E-state index in [4.69, 9.17) is 4.74 Å². The van der Waals surface area contributed by atoms with Crippen LogP contribution in [0.3, 0.4) is 0 Å². The lowest BCUT2D eigenvalue weighted by Gasteiger charge is -2.29. The second-order valence-corrected chi connectivity index (χ2v) is 7.29. The molecule has 5 heteroatoms. The third kappa shape index (κ3) is 4.02. The molecule has 0 saturated carbocycles. The lowest BCUT2D eigenvalue weighted by atomic mass is 10.0. The molecule has 0 N–H and O–H groups in total. The number of amides is 2. The van der Waals surface area contributed by atoms with E-state index in [1.165, 1.54) is 11.3 Å². The van der Waals surface area contributed by atoms with Crippen molar-refractivity contribution in [3.8, 4) is 5.75 Å². The molecule has 0 aliphatic carbocycles. The van der Waals surface area contributed by atoms with E-state index in [-0.39, 0.29) is 11.8 Å². The van der Waals surface area contributed by atoms with Crippen molar-refractivity contribution in [2.24, 2.45) is 0 Å². The fraction of sp³-hybridized carbons (Fsp3) is 0.545. The number of imide groups is 1. The molecule has 0 aromatic heterocycles. The molecule has 146 valence electrons. The molecular weight excluding hydrogens is 340 g/mol. The van der Waals surface area contributed by atoms with E-state index in [0.29, 0.717) is 23.6 Å². The van der Waals surface area contributed by atoms with Crippen molar-refractivity contribution in [3.05, 3.63) is 35.5 Å². The third-order valence-corrected chi connectivity index (χ3v) is 5.43. The minimum absolute atomic E-state index is 0.140. The molecule has 2 amide bonds. The fourth-order valence-corrected chi connectivity index (χ4v) is 3.97. The van der Waals surface area contributed by atoms with Gasteiger partial charge in [-0.1, -0.05) is 44.4 Å². The Morgan fingerprint density at radius 1 is 0.963 bits per heavy atom. The highest BCUT2D eigenvalue weighted by molar-refractivity contribution is 6.36. The number of piperidine rings is 1. The van der Waals surface area contributed by atoms with E-state index < -0.39 is 0 Å². The summed E-state index contributed by atoms with van der Waals surface area (Å²) in [6.45, 7) is 4.31. The zero-order valence-electron chi connectivity index (χ0n) is 16.5. The predicted octanol–water partition coefficient (Wildman–Crippen LogP) is 3.84. The van der Waals surface area contributed by atoms with Gasteiger partial charge in [0.25, 0.3) is 11.8 Å². The van der Waals surface area contributed by atoms with Gasteiger partial charge in [-0.2, -0.15) is 0 Å². The Morgan fingerprint density at radius 2 is 1.70 bits per heavy atom. The molecular formula is C22H30N2O3. The summed E-state index contributed by atoms with van der Waals surface area (Å²) in [5.74, 6) is 0.317. The number of benzene rings is 1. The van der Waals surface area contributed by atoms with Gasteiger partial charge in [0, 0.05) is 25.2 Å². The molecule has 1 fully saturated rings. The highest BCUT2D eigenvalue weighted by Crippen LogP contribution is 2.37. The van der Waals surface area contributed by atoms with Crippen molar-refractivity contribution in [3.63, 3.8) is 0 Å². The number of para-hydroxylation sites is 1. The summed E-state index contributed by atoms with van der Waals surface area (Å²) in [6.07, 6.45) is 7.44. The van der Waals surface area contributed by atoms with E-state index in [2.05, 4.69) is 11.8 Å². The first-order valence-electron chi connectivity index (χ1n) is 10.2. The van der Waals surface area contributed by atoms with Crippen LogP contribution in [0.15, 0.2) is 30.0 Å². The molecule has 0 radical (unpaired) electrons. The Morgan fingerprint density at radius 3 is 2.41 bits per heavy atom. The first-order chi connectivity index (χ1) is 13.2. The van der Waals surface area contributed by atoms with Gasteiger partial charge in [0.15, 0.2) is 0 Å². The van der Waals surface area contributed by atoms with Gasteiger partial charge >= 0.3 is 0 Å². The highest BCUT2D eigenvalue weighted by atomic mass is 16.5. The molecule has 1 saturated heterocycles. The van der Waals surface area contributed by atoms with Crippen LogP contribution in [0.2, 0.25) is 0 Å². The Kier molecular flexibility index (Phi) is 6.54. The number of hydrogen-bond acceptors (Lipinski definition) is 4. The lowest BCUT2D eigenvalue weighted by molar-refractivity contribution is -0.137. The van der Waals surface area contributed by atoms with Crippen LogP contribution < -0.4 is 4.74 Å². The molecule has 2 aliphatic rings. The molecule has 5 nitrogen and oxygen atoms in total. The normalized spacial score (nSPS) is 17.9. The van der Waals surface area contributed by atoms with Crippen molar-refractivity contribution in [1.29, 1.82) is 0 Å². The first kappa shape index (κ1) is 19.5. The van der Waals surface area contributed by atoms with Crippen LogP contribution in [0.25, 0.3) is 5.57 Å². The van der Waals surface area contributed by atoms with Crippen LogP contribution >= 0.6 is 0 Å². The van der Waals surface area contributed by atoms with Crippen molar-refractivity contribution in [2.45, 2.75) is 51.9 Å². The molecule has 0 bridgehead atoms. The van der Waals surface area contributed by atoms with Gasteiger partial charge in [-0.3, -0.25) is 14.5 Å². The van der Waals surface area contributed by atoms with Crippen molar-refractivity contribution in [2.75, 3.05) is 26.7 Å². The maximum absolute atomic E-state index is 13.3. The number of rotatable bonds is 8. The number of methoxy groups -OCH3 is 1. The Bertz CT molecular complexity index is 720. The summed E-state index contributed by atoms with van der Waals surface area (Å²) < 4.78 is 5.49. The summed E-state index contributed by atoms with van der Waals surface area (Å²) >= 11 is 0. The third-order valence-electron chi connectivity index (χ3n) is 5.43. The predicted molar refractivity (Wildman–Crippen MR) is 106 cm³/mol. The summed E-state index contributed by atoms with van der Waals surface area (Å²) in [6, 6.07) is 7.50. The maximum atomic E-state index is 13.3. The van der Waals surface area contributed by atoms with E-state index >= 15 is 0 Å². The molecule has 0 spiro atoms. The number of unbranched alkanes of at least 4 members (excludes halogenated alkanes) is 3. The van der Waals surface area contributed by atoms with Gasteiger partial charge < -0.3 is 9.64 Å². The lowest BCUT2D eigenvalue weighted by Crippen LogP contribution is -2.37. The number of ether oxygens (including phenoxy) is 1. The minimum Gasteiger partial charge on any atom is -0.496 e. The Hall–Kier alpha value is -2.30. The average Bonchev–Trinajstić information content (AvgIpc) is 2.96. The van der Waals surface area contributed by atoms with Crippen molar-refractivity contribution in [1.82, 2.24) is 9.80 Å². The van der Waals surface area contributed by atoms with Crippen LogP contribution in [-0.4, -0.2) is 48.4 Å². The molecule has 1 aromatic rings. The summed E-state index contributed by atoms with van der Waals surface area (Å²) in [5.41, 5.74) is 1.80. The van der Waals surface area contributed by atoms with E-state index in [1.54, 1.807) is 7.11 Å². The topological polar surface area (TPSA) is 49.9 Å². The minimum atomic E-state index is -0.179. The van der Waals surface area contributed by atoms with E-state index in [1.807, 2.05) is 24.3 Å². The van der Waals surface area contributed by atoms with Crippen LogP contribution in [0.5, 0.6) is 5.75 Å². The summed E-state index contributed by atoms with van der Waals surface area (Å²) in [4.78, 5) is 30.0. The first-order valence-corrected chi connectivity index (χ1v) is 10.2. The van der Waals surface area contributed by atoms with Gasteiger partial charge in [0.1, 0.15) is 11.4 Å². The van der Waals surface area contributed by atoms with Crippen molar-refractivity contribution >= 4 is 17.4 Å². The largest absolute Gasteiger partial charge is 0.496 e. The van der Waals surface area contributed by atoms with Gasteiger partial charge in [0.05, 0.1) is 12.7 Å². The van der Waals surface area contributed by atoms with E-state index in [9.17, 15) is 9.59 Å². The smallest absolute Gasteiger partial charge is 0.277 e. The molecule has 2 heterocycles. The molecule has 3 rings (SSSR count). The second-order valence-electron chi connectivity index (χ2n) is 7.29. The number of carbonyl (C=O) groups excluding carboxylic acids is 2. The number of hydrogen-bond donors (Lipinski definition) is 0. The molecule has 1 aromatic carbocycles. The summed E-state index contributed by atoms with van der Waals surface area (Å²) in [5, 5.41) is 0. The number of carbonyl (C=O) groups is 2. The zero-order valence-corrected chi connectivity index (χ0v) is 16.5. The maximum Gasteiger partial charge on any atom is 0.277 e. The van der Waals surface area contributed by atoms with E-state index in [0.717, 1.165) is 57.2 Å². The second kappa shape index (κ2) is 9.07. The quantitative estimate of drug-likeness (QED) is 0.515. The number of nitrogens with zero attached hydrogens (tertiary/aromatic N) is 2. The Balaban J connectivity index is 1.96. The standard InChI is InChI=1S/C22H30N2O3/c1-3-4-5-11-16-24-21(25)19(17-12-7-8-13-18(17)27-2)20(22(24)26)23-14-9-6-10-15-23/h7-8,12-13H,3-6,9-11,14-16H2,1-2H3. The van der Waals surface area contributed by atoms with Crippen LogP contribution in [0, 0.1) is 0 Å². The molecule has 27 heavy (non-hydrogen) atoms. The molecule has 0 atom stereocenters. The monoisotopic (exact) mass is 370 g/mol. The molecule has 2 aliphatic heterocycles. The fourth-order valence-electron chi connectivity index (χ4n) is 3.97. The number of likely N-dealkylation sites (tertiary alicyclic amines) is 1. The highest BCUT2D eigenvalue weighted by Gasteiger charge is 2.42. The van der Waals surface area contributed by atoms with Crippen LogP contribution in [0.1, 0.15) is 57.4 Å². The van der Waals surface area contributed by atoms with Crippen LogP contribution in [-0.2, 0) is 9.59 Å². The Labute approximate surface area is 162 Å². The zero-order chi connectivity index (χ0) is 19.2. The summed E-state index contributed by atoms with van der Waals surface area (Å²) in [7, 11) is 1.60. The average molecular weight is 370 g/mol. The SMILES string of the molecule is CCCCCCN1C(=O)C(c2ccccc2OC)=C(N2CCCCC2)C1=O. The molecule has 0 unspecified atom stereocenters. The van der Waals surface area contributed by atoms with Crippen LogP contribution in [0.4, 0.5) is 0 Å². The van der Waals surface area contributed by atoms with Gasteiger partial charge in [-0.25, -0.2) is 0 Å². The van der Waals surface area contributed by atoms with Gasteiger partial charge in [-0.05, 0) is 31.7 Å². The van der Waals surface area contributed by atoms with Gasteiger partial charge in [-0.15, -0.1) is 0 Å². The van der Waals surface area contributed by atoms with Gasteiger partial charge in [0.2, 0.25) is 0 Å².